The molecule has 3 aromatic rings. The fraction of sp³-hybridized carbons (Fsp3) is 0.515. The molecule has 3 fully saturated rings. The number of ether oxygens (including phenoxy) is 1. The van der Waals surface area contributed by atoms with Crippen LogP contribution in [-0.2, 0) is 22.6 Å². The van der Waals surface area contributed by atoms with Crippen molar-refractivity contribution in [3.8, 4) is 6.01 Å². The number of anilines is 2. The number of fused-ring (bicyclic) bond motifs is 2. The van der Waals surface area contributed by atoms with E-state index in [2.05, 4.69) is 70.4 Å². The molecule has 0 aliphatic carbocycles. The minimum atomic E-state index is -0.408. The minimum absolute atomic E-state index is 0.0475. The van der Waals surface area contributed by atoms with Crippen LogP contribution >= 0.6 is 0 Å². The maximum Gasteiger partial charge on any atom is 0.318 e. The summed E-state index contributed by atoms with van der Waals surface area (Å²) >= 11 is 0. The molecule has 1 aromatic heterocycles. The summed E-state index contributed by atoms with van der Waals surface area (Å²) in [5.74, 6) is 0.491. The molecule has 3 saturated heterocycles. The molecule has 0 saturated carbocycles. The predicted octanol–water partition coefficient (Wildman–Crippen LogP) is 1.84. The first kappa shape index (κ1) is 28.8. The first-order valence-corrected chi connectivity index (χ1v) is 15.9. The molecule has 2 aromatic carbocycles. The Balaban J connectivity index is 1.21. The fourth-order valence-electron chi connectivity index (χ4n) is 7.23. The number of nitrogens with zero attached hydrogens (tertiary/aromatic N) is 6. The first-order valence-electron chi connectivity index (χ1n) is 15.9. The Hall–Kier alpha value is -3.96. The molecule has 11 nitrogen and oxygen atoms in total. The van der Waals surface area contributed by atoms with Crippen molar-refractivity contribution in [3.63, 3.8) is 0 Å². The van der Waals surface area contributed by atoms with Crippen molar-refractivity contribution in [2.75, 3.05) is 62.7 Å². The zero-order valence-corrected chi connectivity index (χ0v) is 25.7. The molecule has 44 heavy (non-hydrogen) atoms. The molecule has 4 aliphatic heterocycles. The summed E-state index contributed by atoms with van der Waals surface area (Å²) in [5.41, 5.74) is 10.2. The molecule has 7 rings (SSSR count). The van der Waals surface area contributed by atoms with Crippen LogP contribution in [0.25, 0.3) is 10.8 Å². The number of primary amides is 1. The number of nitrogens with two attached hydrogens (primary N) is 1. The Labute approximate surface area is 258 Å². The van der Waals surface area contributed by atoms with Crippen molar-refractivity contribution in [2.24, 2.45) is 5.73 Å². The van der Waals surface area contributed by atoms with Crippen molar-refractivity contribution >= 4 is 34.1 Å². The number of carbonyl (C=O) groups is 2. The standard InChI is InChI=1S/C33H42N8O3/c1-21-6-3-7-22-8-4-10-28(30(21)22)39-13-11-25-27(19-39)36-33(44-20-23-9-5-12-38(23)2)37-31(25)40-14-15-41(32(43)26-17-35-26)24(18-40)16-29(34)42/h3-4,6-8,10,23-24,26,35H,5,9,11-20H2,1-2H3,(H2,34,42)/t23-,24-,26?/m0/s1. The smallest absolute Gasteiger partial charge is 0.318 e. The van der Waals surface area contributed by atoms with Crippen molar-refractivity contribution in [1.29, 1.82) is 0 Å². The van der Waals surface area contributed by atoms with Crippen LogP contribution in [0, 0.1) is 6.92 Å². The number of amides is 2. The highest BCUT2D eigenvalue weighted by atomic mass is 16.5. The van der Waals surface area contributed by atoms with Crippen LogP contribution in [0.2, 0.25) is 0 Å². The van der Waals surface area contributed by atoms with E-state index in [0.29, 0.717) is 51.4 Å². The molecular weight excluding hydrogens is 556 g/mol. The minimum Gasteiger partial charge on any atom is -0.462 e. The number of benzene rings is 2. The van der Waals surface area contributed by atoms with E-state index in [4.69, 9.17) is 20.4 Å². The predicted molar refractivity (Wildman–Crippen MR) is 170 cm³/mol. The van der Waals surface area contributed by atoms with Gasteiger partial charge in [-0.3, -0.25) is 9.59 Å². The molecule has 0 spiro atoms. The van der Waals surface area contributed by atoms with Gasteiger partial charge in [-0.15, -0.1) is 0 Å². The van der Waals surface area contributed by atoms with Crippen molar-refractivity contribution in [3.05, 3.63) is 53.2 Å². The van der Waals surface area contributed by atoms with E-state index in [1.54, 1.807) is 0 Å². The second-order valence-electron chi connectivity index (χ2n) is 12.7. The lowest BCUT2D eigenvalue weighted by Crippen LogP contribution is -2.58. The summed E-state index contributed by atoms with van der Waals surface area (Å²) in [7, 11) is 2.14. The topological polar surface area (TPSA) is 130 Å². The van der Waals surface area contributed by atoms with Gasteiger partial charge in [-0.25, -0.2) is 0 Å². The number of aryl methyl sites for hydroxylation is 1. The largest absolute Gasteiger partial charge is 0.462 e. The Morgan fingerprint density at radius 1 is 1.05 bits per heavy atom. The number of likely N-dealkylation sites (tertiary alicyclic amines) is 1. The third-order valence-corrected chi connectivity index (χ3v) is 9.74. The number of hydrogen-bond donors (Lipinski definition) is 2. The highest BCUT2D eigenvalue weighted by Crippen LogP contribution is 2.36. The van der Waals surface area contributed by atoms with Crippen molar-refractivity contribution < 1.29 is 14.3 Å². The van der Waals surface area contributed by atoms with Gasteiger partial charge in [0.15, 0.2) is 0 Å². The van der Waals surface area contributed by atoms with Gasteiger partial charge in [0.2, 0.25) is 11.8 Å². The van der Waals surface area contributed by atoms with Gasteiger partial charge in [-0.1, -0.05) is 30.3 Å². The van der Waals surface area contributed by atoms with Gasteiger partial charge >= 0.3 is 6.01 Å². The SMILES string of the molecule is Cc1cccc2cccc(N3CCc4c(nc(OC[C@@H]5CCCN5C)nc4N4CCN(C(=O)C5CN5)[C@@H](CC(N)=O)C4)C3)c12. The number of hydrogen-bond acceptors (Lipinski definition) is 9. The maximum absolute atomic E-state index is 13.0. The van der Waals surface area contributed by atoms with Crippen LogP contribution in [0.1, 0.15) is 36.1 Å². The normalized spacial score (nSPS) is 23.6. The van der Waals surface area contributed by atoms with Crippen molar-refractivity contribution in [1.82, 2.24) is 25.1 Å². The van der Waals surface area contributed by atoms with Crippen LogP contribution in [0.5, 0.6) is 6.01 Å². The number of piperazine rings is 1. The monoisotopic (exact) mass is 598 g/mol. The number of nitrogens with one attached hydrogen (secondary N) is 1. The number of likely N-dealkylation sites (N-methyl/N-ethyl adjacent to an activating group) is 1. The summed E-state index contributed by atoms with van der Waals surface area (Å²) in [6.07, 6.45) is 3.17. The van der Waals surface area contributed by atoms with Crippen LogP contribution in [0.4, 0.5) is 11.5 Å². The van der Waals surface area contributed by atoms with Gasteiger partial charge in [0.25, 0.3) is 0 Å². The Bertz CT molecular complexity index is 1570. The molecular formula is C33H42N8O3. The summed E-state index contributed by atoms with van der Waals surface area (Å²) in [5, 5.41) is 5.61. The molecule has 5 heterocycles. The van der Waals surface area contributed by atoms with Gasteiger partial charge in [0, 0.05) is 61.8 Å². The molecule has 3 atom stereocenters. The Morgan fingerprint density at radius 3 is 2.61 bits per heavy atom. The number of rotatable bonds is 8. The van der Waals surface area contributed by atoms with Crippen LogP contribution in [0.15, 0.2) is 36.4 Å². The lowest BCUT2D eigenvalue weighted by atomic mass is 9.99. The van der Waals surface area contributed by atoms with Crippen molar-refractivity contribution in [2.45, 2.75) is 57.3 Å². The van der Waals surface area contributed by atoms with E-state index in [-0.39, 0.29) is 24.4 Å². The maximum atomic E-state index is 13.0. The average Bonchev–Trinajstić information content (AvgIpc) is 3.79. The van der Waals surface area contributed by atoms with E-state index >= 15 is 0 Å². The highest BCUT2D eigenvalue weighted by Gasteiger charge is 2.40. The van der Waals surface area contributed by atoms with Gasteiger partial charge in [-0.05, 0) is 56.8 Å². The molecule has 0 bridgehead atoms. The second-order valence-corrected chi connectivity index (χ2v) is 12.7. The highest BCUT2D eigenvalue weighted by molar-refractivity contribution is 5.97. The zero-order chi connectivity index (χ0) is 30.4. The third kappa shape index (κ3) is 5.66. The second kappa shape index (κ2) is 11.9. The summed E-state index contributed by atoms with van der Waals surface area (Å²) in [4.78, 5) is 43.9. The molecule has 0 radical (unpaired) electrons. The third-order valence-electron chi connectivity index (χ3n) is 9.74. The van der Waals surface area contributed by atoms with Crippen LogP contribution in [-0.4, -0.2) is 103 Å². The van der Waals surface area contributed by atoms with Crippen LogP contribution in [0.3, 0.4) is 0 Å². The molecule has 232 valence electrons. The summed E-state index contributed by atoms with van der Waals surface area (Å²) in [6, 6.07) is 13.2. The number of aromatic nitrogens is 2. The average molecular weight is 599 g/mol. The molecule has 2 amide bonds. The van der Waals surface area contributed by atoms with E-state index < -0.39 is 5.91 Å². The van der Waals surface area contributed by atoms with E-state index in [0.717, 1.165) is 43.0 Å². The molecule has 11 heteroatoms. The van der Waals surface area contributed by atoms with Gasteiger partial charge in [-0.2, -0.15) is 9.97 Å². The fourth-order valence-corrected chi connectivity index (χ4v) is 7.23. The van der Waals surface area contributed by atoms with E-state index in [1.165, 1.54) is 28.4 Å². The van der Waals surface area contributed by atoms with Gasteiger partial charge < -0.3 is 35.4 Å². The quantitative estimate of drug-likeness (QED) is 0.373. The van der Waals surface area contributed by atoms with E-state index in [1.807, 2.05) is 4.90 Å². The van der Waals surface area contributed by atoms with Crippen LogP contribution < -0.4 is 25.6 Å². The summed E-state index contributed by atoms with van der Waals surface area (Å²) < 4.78 is 6.32. The lowest BCUT2D eigenvalue weighted by Gasteiger charge is -2.43. The Morgan fingerprint density at radius 2 is 1.86 bits per heavy atom. The molecule has 4 aliphatic rings. The Kier molecular flexibility index (Phi) is 7.75. The van der Waals surface area contributed by atoms with Gasteiger partial charge in [0.05, 0.1) is 24.3 Å². The first-order chi connectivity index (χ1) is 21.4. The van der Waals surface area contributed by atoms with Gasteiger partial charge in [0.1, 0.15) is 12.4 Å². The lowest BCUT2D eigenvalue weighted by molar-refractivity contribution is -0.134. The molecule has 3 N–H and O–H groups in total. The molecule has 1 unspecified atom stereocenters. The number of carbonyl (C=O) groups excluding carboxylic acids is 2. The summed E-state index contributed by atoms with van der Waals surface area (Å²) in [6.45, 7) is 7.57. The zero-order valence-electron chi connectivity index (χ0n) is 25.7. The van der Waals surface area contributed by atoms with E-state index in [9.17, 15) is 9.59 Å².